The molecular formula is C19H30N4O4. The van der Waals surface area contributed by atoms with Crippen molar-refractivity contribution in [3.63, 3.8) is 0 Å². The van der Waals surface area contributed by atoms with Crippen molar-refractivity contribution in [2.75, 3.05) is 45.9 Å². The Bertz CT molecular complexity index is 635. The van der Waals surface area contributed by atoms with Gasteiger partial charge < -0.3 is 24.8 Å². The number of amides is 2. The molecule has 0 aliphatic carbocycles. The summed E-state index contributed by atoms with van der Waals surface area (Å²) in [6.45, 7) is 8.22. The molecule has 1 aromatic heterocycles. The highest BCUT2D eigenvalue weighted by molar-refractivity contribution is 5.83. The van der Waals surface area contributed by atoms with Crippen LogP contribution >= 0.6 is 0 Å². The molecular weight excluding hydrogens is 348 g/mol. The summed E-state index contributed by atoms with van der Waals surface area (Å²) in [4.78, 5) is 27.0. The fourth-order valence-corrected chi connectivity index (χ4v) is 3.85. The Balaban J connectivity index is 1.42. The van der Waals surface area contributed by atoms with Gasteiger partial charge in [-0.3, -0.25) is 9.59 Å². The van der Waals surface area contributed by atoms with E-state index < -0.39 is 0 Å². The molecule has 150 valence electrons. The standard InChI is InChI=1S/C19H30N4O4/c1-13-17(14(2)27-22-13)4-3-5-21-18(24)15-10-16(12-20-11-15)19(25)23-6-8-26-9-7-23/h15-16,20H,3-12H2,1-2H3,(H,21,24)/t15-,16-/m0/s1. The first-order chi connectivity index (χ1) is 13.1. The van der Waals surface area contributed by atoms with Crippen LogP contribution in [0, 0.1) is 25.7 Å². The van der Waals surface area contributed by atoms with Gasteiger partial charge in [-0.15, -0.1) is 0 Å². The topological polar surface area (TPSA) is 96.7 Å². The van der Waals surface area contributed by atoms with E-state index in [-0.39, 0.29) is 23.7 Å². The number of ether oxygens (including phenoxy) is 1. The molecule has 3 heterocycles. The van der Waals surface area contributed by atoms with Crippen molar-refractivity contribution in [2.45, 2.75) is 33.1 Å². The molecule has 0 bridgehead atoms. The van der Waals surface area contributed by atoms with Crippen molar-refractivity contribution in [3.8, 4) is 0 Å². The second-order valence-corrected chi connectivity index (χ2v) is 7.42. The minimum absolute atomic E-state index is 0.0285. The minimum atomic E-state index is -0.159. The van der Waals surface area contributed by atoms with Gasteiger partial charge >= 0.3 is 0 Å². The summed E-state index contributed by atoms with van der Waals surface area (Å²) in [5.41, 5.74) is 2.04. The van der Waals surface area contributed by atoms with Gasteiger partial charge in [-0.2, -0.15) is 0 Å². The number of piperidine rings is 1. The molecule has 0 unspecified atom stereocenters. The summed E-state index contributed by atoms with van der Waals surface area (Å²) in [7, 11) is 0. The van der Waals surface area contributed by atoms with Gasteiger partial charge in [0.25, 0.3) is 0 Å². The van der Waals surface area contributed by atoms with Crippen LogP contribution in [0.3, 0.4) is 0 Å². The lowest BCUT2D eigenvalue weighted by Gasteiger charge is -2.34. The lowest BCUT2D eigenvalue weighted by Crippen LogP contribution is -2.51. The maximum atomic E-state index is 12.7. The van der Waals surface area contributed by atoms with Crippen molar-refractivity contribution >= 4 is 11.8 Å². The molecule has 2 atom stereocenters. The van der Waals surface area contributed by atoms with Gasteiger partial charge in [-0.25, -0.2) is 0 Å². The molecule has 0 aromatic carbocycles. The first kappa shape index (κ1) is 19.8. The quantitative estimate of drug-likeness (QED) is 0.697. The maximum Gasteiger partial charge on any atom is 0.227 e. The third-order valence-corrected chi connectivity index (χ3v) is 5.48. The number of rotatable bonds is 6. The second-order valence-electron chi connectivity index (χ2n) is 7.42. The molecule has 8 nitrogen and oxygen atoms in total. The van der Waals surface area contributed by atoms with E-state index in [1.165, 1.54) is 0 Å². The molecule has 2 saturated heterocycles. The molecule has 0 radical (unpaired) electrons. The SMILES string of the molecule is Cc1noc(C)c1CCCNC(=O)[C@@H]1CNC[C@@H](C(=O)N2CCOCC2)C1. The summed E-state index contributed by atoms with van der Waals surface area (Å²) in [6, 6.07) is 0. The molecule has 0 spiro atoms. The molecule has 2 fully saturated rings. The van der Waals surface area contributed by atoms with Crippen LogP contribution in [0.25, 0.3) is 0 Å². The number of carbonyl (C=O) groups excluding carboxylic acids is 2. The van der Waals surface area contributed by atoms with Gasteiger partial charge in [-0.05, 0) is 33.1 Å². The number of aryl methyl sites for hydroxylation is 2. The van der Waals surface area contributed by atoms with Crippen molar-refractivity contribution in [3.05, 3.63) is 17.0 Å². The molecule has 8 heteroatoms. The second kappa shape index (κ2) is 9.32. The molecule has 1 aromatic rings. The Morgan fingerprint density at radius 2 is 1.96 bits per heavy atom. The predicted molar refractivity (Wildman–Crippen MR) is 99.2 cm³/mol. The van der Waals surface area contributed by atoms with E-state index in [1.807, 2.05) is 18.7 Å². The first-order valence-electron chi connectivity index (χ1n) is 9.83. The van der Waals surface area contributed by atoms with E-state index in [0.717, 1.165) is 29.9 Å². The number of hydrogen-bond acceptors (Lipinski definition) is 6. The highest BCUT2D eigenvalue weighted by Gasteiger charge is 2.33. The Morgan fingerprint density at radius 1 is 1.22 bits per heavy atom. The number of nitrogens with one attached hydrogen (secondary N) is 2. The number of carbonyl (C=O) groups is 2. The van der Waals surface area contributed by atoms with Gasteiger partial charge in [0.05, 0.1) is 30.7 Å². The van der Waals surface area contributed by atoms with E-state index in [0.29, 0.717) is 52.4 Å². The van der Waals surface area contributed by atoms with Crippen molar-refractivity contribution in [2.24, 2.45) is 11.8 Å². The Morgan fingerprint density at radius 3 is 2.67 bits per heavy atom. The monoisotopic (exact) mass is 378 g/mol. The summed E-state index contributed by atoms with van der Waals surface area (Å²) >= 11 is 0. The highest BCUT2D eigenvalue weighted by atomic mass is 16.5. The Labute approximate surface area is 160 Å². The number of morpholine rings is 1. The van der Waals surface area contributed by atoms with Crippen molar-refractivity contribution in [1.82, 2.24) is 20.7 Å². The van der Waals surface area contributed by atoms with E-state index in [2.05, 4.69) is 15.8 Å². The van der Waals surface area contributed by atoms with Crippen LogP contribution in [0.2, 0.25) is 0 Å². The van der Waals surface area contributed by atoms with Crippen LogP contribution in [0.5, 0.6) is 0 Å². The molecule has 2 aliphatic rings. The average molecular weight is 378 g/mol. The highest BCUT2D eigenvalue weighted by Crippen LogP contribution is 2.20. The van der Waals surface area contributed by atoms with Gasteiger partial charge in [0.2, 0.25) is 11.8 Å². The van der Waals surface area contributed by atoms with Gasteiger partial charge in [0.1, 0.15) is 5.76 Å². The largest absolute Gasteiger partial charge is 0.378 e. The van der Waals surface area contributed by atoms with Crippen LogP contribution in [0.15, 0.2) is 4.52 Å². The summed E-state index contributed by atoms with van der Waals surface area (Å²) in [6.07, 6.45) is 2.28. The zero-order chi connectivity index (χ0) is 19.2. The van der Waals surface area contributed by atoms with Gasteiger partial charge in [-0.1, -0.05) is 5.16 Å². The molecule has 3 rings (SSSR count). The average Bonchev–Trinajstić information content (AvgIpc) is 3.03. The summed E-state index contributed by atoms with van der Waals surface area (Å²) in [5, 5.41) is 10.2. The lowest BCUT2D eigenvalue weighted by molar-refractivity contribution is -0.141. The van der Waals surface area contributed by atoms with Crippen LogP contribution in [-0.2, 0) is 20.7 Å². The Kier molecular flexibility index (Phi) is 6.84. The van der Waals surface area contributed by atoms with Crippen LogP contribution in [0.4, 0.5) is 0 Å². The van der Waals surface area contributed by atoms with E-state index in [1.54, 1.807) is 0 Å². The third-order valence-electron chi connectivity index (χ3n) is 5.48. The first-order valence-corrected chi connectivity index (χ1v) is 9.83. The predicted octanol–water partition coefficient (Wildman–Crippen LogP) is 0.425. The molecule has 2 N–H and O–H groups in total. The minimum Gasteiger partial charge on any atom is -0.378 e. The smallest absolute Gasteiger partial charge is 0.227 e. The molecule has 27 heavy (non-hydrogen) atoms. The maximum absolute atomic E-state index is 12.7. The van der Waals surface area contributed by atoms with Crippen molar-refractivity contribution < 1.29 is 18.8 Å². The summed E-state index contributed by atoms with van der Waals surface area (Å²) < 4.78 is 10.5. The zero-order valence-electron chi connectivity index (χ0n) is 16.3. The molecule has 0 saturated carbocycles. The molecule has 2 aliphatic heterocycles. The van der Waals surface area contributed by atoms with E-state index >= 15 is 0 Å². The van der Waals surface area contributed by atoms with Crippen LogP contribution < -0.4 is 10.6 Å². The fourth-order valence-electron chi connectivity index (χ4n) is 3.85. The lowest BCUT2D eigenvalue weighted by atomic mass is 9.88. The van der Waals surface area contributed by atoms with E-state index in [9.17, 15) is 9.59 Å². The number of nitrogens with zero attached hydrogens (tertiary/aromatic N) is 2. The van der Waals surface area contributed by atoms with Crippen LogP contribution in [0.1, 0.15) is 29.9 Å². The normalized spacial score (nSPS) is 23.3. The fraction of sp³-hybridized carbons (Fsp3) is 0.737. The molecule has 2 amide bonds. The van der Waals surface area contributed by atoms with Gasteiger partial charge in [0, 0.05) is 38.3 Å². The summed E-state index contributed by atoms with van der Waals surface area (Å²) in [5.74, 6) is 0.727. The number of hydrogen-bond donors (Lipinski definition) is 2. The third kappa shape index (κ3) is 5.07. The zero-order valence-corrected chi connectivity index (χ0v) is 16.3. The van der Waals surface area contributed by atoms with Crippen molar-refractivity contribution in [1.29, 1.82) is 0 Å². The Hall–Kier alpha value is -1.93. The number of aromatic nitrogens is 1. The van der Waals surface area contributed by atoms with Gasteiger partial charge in [0.15, 0.2) is 0 Å². The van der Waals surface area contributed by atoms with Crippen LogP contribution in [-0.4, -0.2) is 67.8 Å². The van der Waals surface area contributed by atoms with E-state index in [4.69, 9.17) is 9.26 Å².